The van der Waals surface area contributed by atoms with E-state index in [-0.39, 0.29) is 31.1 Å². The van der Waals surface area contributed by atoms with Crippen LogP contribution in [0.3, 0.4) is 0 Å². The highest BCUT2D eigenvalue weighted by molar-refractivity contribution is 5.71. The summed E-state index contributed by atoms with van der Waals surface area (Å²) in [4.78, 5) is 38.3. The molecule has 0 N–H and O–H groups in total. The Labute approximate surface area is 450 Å². The molecule has 0 saturated heterocycles. The third-order valence-corrected chi connectivity index (χ3v) is 12.4. The number of hydrogen-bond donors (Lipinski definition) is 0. The molecule has 73 heavy (non-hydrogen) atoms. The number of esters is 3. The van der Waals surface area contributed by atoms with Gasteiger partial charge in [-0.1, -0.05) is 239 Å². The molecule has 0 bridgehead atoms. The van der Waals surface area contributed by atoms with Gasteiger partial charge in [-0.05, 0) is 128 Å². The SMILES string of the molecule is CC/C=C\C/C=C\C/C=C\C/C=C\C/C=C\CCCCCCCC(=O)OCC(COC(=O)CCCCCCC/C=C\C/C=C\C/C=C\CC)OC(=O)CCCCCCCCCCC/C=C\C/C=C\CCCCC. The molecule has 0 amide bonds. The van der Waals surface area contributed by atoms with Gasteiger partial charge >= 0.3 is 17.9 Å². The molecule has 0 aliphatic heterocycles. The monoisotopic (exact) mass is 1010 g/mol. The molecule has 0 aromatic rings. The Kier molecular flexibility index (Phi) is 56.9. The molecule has 0 rings (SSSR count). The first-order chi connectivity index (χ1) is 36.0. The zero-order valence-electron chi connectivity index (χ0n) is 47.4. The normalized spacial score (nSPS) is 13.0. The number of carbonyl (C=O) groups excluding carboxylic acids is 3. The summed E-state index contributed by atoms with van der Waals surface area (Å²) >= 11 is 0. The van der Waals surface area contributed by atoms with Crippen molar-refractivity contribution in [3.63, 3.8) is 0 Å². The molecular formula is C67H110O6. The summed E-state index contributed by atoms with van der Waals surface area (Å²) in [6, 6.07) is 0. The van der Waals surface area contributed by atoms with Crippen molar-refractivity contribution in [3.8, 4) is 0 Å². The fourth-order valence-corrected chi connectivity index (χ4v) is 7.98. The van der Waals surface area contributed by atoms with Crippen LogP contribution in [-0.4, -0.2) is 37.2 Å². The molecule has 0 radical (unpaired) electrons. The maximum Gasteiger partial charge on any atom is 0.306 e. The van der Waals surface area contributed by atoms with Crippen molar-refractivity contribution in [2.24, 2.45) is 0 Å². The largest absolute Gasteiger partial charge is 0.462 e. The Morgan fingerprint density at radius 2 is 0.534 bits per heavy atom. The van der Waals surface area contributed by atoms with Gasteiger partial charge in [0.1, 0.15) is 13.2 Å². The molecule has 0 aromatic carbocycles. The fraction of sp³-hybridized carbons (Fsp3) is 0.657. The highest BCUT2D eigenvalue weighted by atomic mass is 16.6. The van der Waals surface area contributed by atoms with Crippen LogP contribution in [0.15, 0.2) is 122 Å². The van der Waals surface area contributed by atoms with Gasteiger partial charge in [0.2, 0.25) is 0 Å². The third kappa shape index (κ3) is 58.6. The van der Waals surface area contributed by atoms with Crippen molar-refractivity contribution >= 4 is 17.9 Å². The zero-order chi connectivity index (χ0) is 52.9. The fourth-order valence-electron chi connectivity index (χ4n) is 7.98. The average molecular weight is 1010 g/mol. The molecule has 0 aliphatic rings. The Bertz CT molecular complexity index is 1540. The molecule has 6 heteroatoms. The lowest BCUT2D eigenvalue weighted by molar-refractivity contribution is -0.167. The Balaban J connectivity index is 4.46. The van der Waals surface area contributed by atoms with Crippen LogP contribution in [0.5, 0.6) is 0 Å². The molecule has 414 valence electrons. The van der Waals surface area contributed by atoms with Crippen molar-refractivity contribution in [1.82, 2.24) is 0 Å². The second-order valence-electron chi connectivity index (χ2n) is 19.5. The summed E-state index contributed by atoms with van der Waals surface area (Å²) in [6.07, 6.45) is 83.3. The van der Waals surface area contributed by atoms with E-state index >= 15 is 0 Å². The minimum absolute atomic E-state index is 0.0977. The summed E-state index contributed by atoms with van der Waals surface area (Å²) in [5.74, 6) is -0.935. The van der Waals surface area contributed by atoms with E-state index in [2.05, 4.69) is 142 Å². The molecule has 0 heterocycles. The lowest BCUT2D eigenvalue weighted by Gasteiger charge is -2.18. The van der Waals surface area contributed by atoms with Gasteiger partial charge in [-0.2, -0.15) is 0 Å². The van der Waals surface area contributed by atoms with Gasteiger partial charge in [-0.3, -0.25) is 14.4 Å². The predicted octanol–water partition coefficient (Wildman–Crippen LogP) is 20.4. The summed E-state index contributed by atoms with van der Waals surface area (Å²) in [6.45, 7) is 6.36. The van der Waals surface area contributed by atoms with E-state index in [4.69, 9.17) is 14.2 Å². The van der Waals surface area contributed by atoms with E-state index in [0.29, 0.717) is 19.3 Å². The van der Waals surface area contributed by atoms with Crippen LogP contribution < -0.4 is 0 Å². The van der Waals surface area contributed by atoms with Crippen molar-refractivity contribution in [1.29, 1.82) is 0 Å². The number of unbranched alkanes of at least 4 members (excludes halogenated alkanes) is 22. The first-order valence-electron chi connectivity index (χ1n) is 30.0. The topological polar surface area (TPSA) is 78.9 Å². The Morgan fingerprint density at radius 3 is 0.836 bits per heavy atom. The molecule has 0 aliphatic carbocycles. The number of ether oxygens (including phenoxy) is 3. The van der Waals surface area contributed by atoms with Crippen LogP contribution >= 0.6 is 0 Å². The highest BCUT2D eigenvalue weighted by Crippen LogP contribution is 2.15. The van der Waals surface area contributed by atoms with Crippen LogP contribution in [0.1, 0.15) is 265 Å². The molecule has 0 spiro atoms. The van der Waals surface area contributed by atoms with E-state index < -0.39 is 6.10 Å². The number of rotatable bonds is 53. The summed E-state index contributed by atoms with van der Waals surface area (Å²) in [7, 11) is 0. The van der Waals surface area contributed by atoms with E-state index in [1.54, 1.807) is 0 Å². The molecule has 1 atom stereocenters. The van der Waals surface area contributed by atoms with Crippen molar-refractivity contribution in [3.05, 3.63) is 122 Å². The Morgan fingerprint density at radius 1 is 0.288 bits per heavy atom. The van der Waals surface area contributed by atoms with Crippen LogP contribution in [0.4, 0.5) is 0 Å². The first kappa shape index (κ1) is 68.8. The number of allylic oxidation sites excluding steroid dienone is 20. The average Bonchev–Trinajstić information content (AvgIpc) is 3.39. The van der Waals surface area contributed by atoms with E-state index in [0.717, 1.165) is 154 Å². The van der Waals surface area contributed by atoms with Crippen LogP contribution in [-0.2, 0) is 28.6 Å². The van der Waals surface area contributed by atoms with E-state index in [9.17, 15) is 14.4 Å². The highest BCUT2D eigenvalue weighted by Gasteiger charge is 2.19. The summed E-state index contributed by atoms with van der Waals surface area (Å²) in [5, 5.41) is 0. The van der Waals surface area contributed by atoms with Crippen LogP contribution in [0.2, 0.25) is 0 Å². The van der Waals surface area contributed by atoms with Gasteiger partial charge in [-0.15, -0.1) is 0 Å². The molecule has 1 unspecified atom stereocenters. The second kappa shape index (κ2) is 60.4. The van der Waals surface area contributed by atoms with Crippen LogP contribution in [0, 0.1) is 0 Å². The lowest BCUT2D eigenvalue weighted by Crippen LogP contribution is -2.30. The van der Waals surface area contributed by atoms with Gasteiger partial charge < -0.3 is 14.2 Å². The predicted molar refractivity (Wildman–Crippen MR) is 316 cm³/mol. The summed E-state index contributed by atoms with van der Waals surface area (Å²) in [5.41, 5.74) is 0. The maximum absolute atomic E-state index is 12.9. The smallest absolute Gasteiger partial charge is 0.306 e. The van der Waals surface area contributed by atoms with Gasteiger partial charge in [0.15, 0.2) is 6.10 Å². The van der Waals surface area contributed by atoms with Gasteiger partial charge in [0.25, 0.3) is 0 Å². The van der Waals surface area contributed by atoms with Crippen molar-refractivity contribution in [2.75, 3.05) is 13.2 Å². The van der Waals surface area contributed by atoms with E-state index in [1.807, 2.05) is 0 Å². The second-order valence-corrected chi connectivity index (χ2v) is 19.5. The Hall–Kier alpha value is -4.19. The molecular weight excluding hydrogens is 901 g/mol. The molecule has 6 nitrogen and oxygen atoms in total. The van der Waals surface area contributed by atoms with Gasteiger partial charge in [0.05, 0.1) is 0 Å². The number of carbonyl (C=O) groups is 3. The van der Waals surface area contributed by atoms with Crippen molar-refractivity contribution in [2.45, 2.75) is 271 Å². The van der Waals surface area contributed by atoms with Gasteiger partial charge in [0, 0.05) is 19.3 Å². The first-order valence-corrected chi connectivity index (χ1v) is 30.0. The van der Waals surface area contributed by atoms with E-state index in [1.165, 1.54) is 70.6 Å². The number of hydrogen-bond acceptors (Lipinski definition) is 6. The zero-order valence-corrected chi connectivity index (χ0v) is 47.4. The molecule has 0 saturated carbocycles. The quantitative estimate of drug-likeness (QED) is 0.0261. The maximum atomic E-state index is 12.9. The molecule has 0 fully saturated rings. The molecule has 0 aromatic heterocycles. The minimum Gasteiger partial charge on any atom is -0.462 e. The van der Waals surface area contributed by atoms with Crippen molar-refractivity contribution < 1.29 is 28.6 Å². The standard InChI is InChI=1S/C67H110O6/c1-4-7-10-13-16-19-22-25-28-30-32-33-35-36-39-42-45-48-51-54-57-60-66(69)72-63-64(62-71-65(68)59-56-53-50-47-44-41-38-27-24-21-18-15-12-9-6-3)73-67(70)61-58-55-52-49-46-43-40-37-34-31-29-26-23-20-17-14-11-8-5-2/h7,9-10,12,16-21,25-29,32-33,36,38-39,64H,4-6,8,11,13-15,22-24,30-31,34-35,37,40-63H2,1-3H3/b10-7-,12-9-,19-16-,20-17-,21-18-,28-25-,29-26-,33-32-,38-27-,39-36-. The minimum atomic E-state index is -0.801. The summed E-state index contributed by atoms with van der Waals surface area (Å²) < 4.78 is 16.9. The lowest BCUT2D eigenvalue weighted by atomic mass is 10.1. The van der Waals surface area contributed by atoms with Crippen LogP contribution in [0.25, 0.3) is 0 Å². The third-order valence-electron chi connectivity index (χ3n) is 12.4. The van der Waals surface area contributed by atoms with Gasteiger partial charge in [-0.25, -0.2) is 0 Å².